The molecule has 0 spiro atoms. The number of halogens is 1. The maximum absolute atomic E-state index is 12.3. The highest BCUT2D eigenvalue weighted by Gasteiger charge is 2.30. The molecule has 5 nitrogen and oxygen atoms in total. The van der Waals surface area contributed by atoms with E-state index >= 15 is 0 Å². The minimum absolute atomic E-state index is 0. The van der Waals surface area contributed by atoms with Crippen LogP contribution in [0.2, 0.25) is 0 Å². The summed E-state index contributed by atoms with van der Waals surface area (Å²) in [7, 11) is 1.69. The molecule has 0 bridgehead atoms. The lowest BCUT2D eigenvalue weighted by Crippen LogP contribution is -2.52. The lowest BCUT2D eigenvalue weighted by Gasteiger charge is -2.31. The number of carbonyl (C=O) groups is 1. The molecule has 128 valence electrons. The van der Waals surface area contributed by atoms with Gasteiger partial charge in [0, 0.05) is 45.8 Å². The second-order valence-electron chi connectivity index (χ2n) is 6.16. The van der Waals surface area contributed by atoms with Gasteiger partial charge in [0.25, 0.3) is 0 Å². The molecular formula is C17H26ClN3O2. The molecule has 0 atom stereocenters. The van der Waals surface area contributed by atoms with Gasteiger partial charge in [0.2, 0.25) is 5.91 Å². The van der Waals surface area contributed by atoms with Crippen molar-refractivity contribution < 1.29 is 9.53 Å². The molecule has 0 aromatic heterocycles. The predicted octanol–water partition coefficient (Wildman–Crippen LogP) is 1.37. The number of benzene rings is 1. The van der Waals surface area contributed by atoms with E-state index < -0.39 is 0 Å². The smallest absolute Gasteiger partial charge is 0.228 e. The summed E-state index contributed by atoms with van der Waals surface area (Å²) < 4.78 is 5.20. The van der Waals surface area contributed by atoms with Gasteiger partial charge in [0.15, 0.2) is 0 Å². The molecule has 2 fully saturated rings. The fourth-order valence-electron chi connectivity index (χ4n) is 3.06. The van der Waals surface area contributed by atoms with E-state index in [1.54, 1.807) is 7.11 Å². The maximum atomic E-state index is 12.3. The number of nitrogens with zero attached hydrogens (tertiary/aromatic N) is 2. The Balaban J connectivity index is 0.00000192. The Morgan fingerprint density at radius 3 is 2.52 bits per heavy atom. The molecule has 1 aromatic rings. The summed E-state index contributed by atoms with van der Waals surface area (Å²) in [5, 5.41) is 3.18. The summed E-state index contributed by atoms with van der Waals surface area (Å²) in [6, 6.07) is 8.25. The summed E-state index contributed by atoms with van der Waals surface area (Å²) >= 11 is 0. The molecule has 0 aliphatic carbocycles. The van der Waals surface area contributed by atoms with Gasteiger partial charge in [-0.1, -0.05) is 12.1 Å². The zero-order chi connectivity index (χ0) is 15.4. The quantitative estimate of drug-likeness (QED) is 0.900. The fraction of sp³-hybridized carbons (Fsp3) is 0.588. The minimum atomic E-state index is 0. The summed E-state index contributed by atoms with van der Waals surface area (Å²) in [6.07, 6.45) is 1.06. The molecule has 3 rings (SSSR count). The molecule has 1 aromatic carbocycles. The van der Waals surface area contributed by atoms with E-state index in [9.17, 15) is 4.79 Å². The molecule has 6 heteroatoms. The molecule has 0 unspecified atom stereocenters. The highest BCUT2D eigenvalue weighted by molar-refractivity contribution is 5.85. The Kier molecular flexibility index (Phi) is 6.69. The topological polar surface area (TPSA) is 44.8 Å². The van der Waals surface area contributed by atoms with Crippen LogP contribution < -0.4 is 10.1 Å². The minimum Gasteiger partial charge on any atom is -0.497 e. The number of hydrogen-bond donors (Lipinski definition) is 1. The van der Waals surface area contributed by atoms with E-state index in [-0.39, 0.29) is 18.3 Å². The van der Waals surface area contributed by atoms with Crippen molar-refractivity contribution >= 4 is 18.3 Å². The Labute approximate surface area is 144 Å². The van der Waals surface area contributed by atoms with Crippen molar-refractivity contribution in [3.05, 3.63) is 29.8 Å². The highest BCUT2D eigenvalue weighted by Crippen LogP contribution is 2.15. The van der Waals surface area contributed by atoms with Gasteiger partial charge in [-0.05, 0) is 24.1 Å². The van der Waals surface area contributed by atoms with Crippen molar-refractivity contribution in [2.75, 3.05) is 46.4 Å². The van der Waals surface area contributed by atoms with Gasteiger partial charge in [-0.25, -0.2) is 0 Å². The van der Waals surface area contributed by atoms with Crippen LogP contribution in [0.1, 0.15) is 12.0 Å². The number of methoxy groups -OCH3 is 1. The molecule has 2 aliphatic heterocycles. The normalized spacial score (nSPS) is 19.4. The van der Waals surface area contributed by atoms with E-state index in [1.165, 1.54) is 5.56 Å². The number of nitrogens with one attached hydrogen (secondary N) is 1. The molecule has 0 radical (unpaired) electrons. The van der Waals surface area contributed by atoms with Crippen molar-refractivity contribution in [2.45, 2.75) is 13.0 Å². The number of amides is 1. The second-order valence-corrected chi connectivity index (χ2v) is 6.16. The Bertz CT molecular complexity index is 505. The third kappa shape index (κ3) is 4.59. The van der Waals surface area contributed by atoms with Crippen molar-refractivity contribution in [3.63, 3.8) is 0 Å². The zero-order valence-electron chi connectivity index (χ0n) is 13.7. The number of carbonyl (C=O) groups excluding carboxylic acids is 1. The first-order valence-electron chi connectivity index (χ1n) is 8.11. The van der Waals surface area contributed by atoms with Gasteiger partial charge in [-0.3, -0.25) is 9.69 Å². The third-order valence-electron chi connectivity index (χ3n) is 4.60. The van der Waals surface area contributed by atoms with E-state index in [1.807, 2.05) is 12.1 Å². The molecular weight excluding hydrogens is 314 g/mol. The summed E-state index contributed by atoms with van der Waals surface area (Å²) in [4.78, 5) is 16.8. The van der Waals surface area contributed by atoms with Crippen LogP contribution in [0, 0.1) is 5.92 Å². The van der Waals surface area contributed by atoms with Crippen LogP contribution >= 0.6 is 12.4 Å². The third-order valence-corrected chi connectivity index (χ3v) is 4.60. The van der Waals surface area contributed by atoms with Crippen LogP contribution in [0.3, 0.4) is 0 Å². The van der Waals surface area contributed by atoms with Gasteiger partial charge in [0.1, 0.15) is 5.75 Å². The van der Waals surface area contributed by atoms with Crippen molar-refractivity contribution in [1.82, 2.24) is 15.1 Å². The number of hydrogen-bond acceptors (Lipinski definition) is 4. The number of rotatable bonds is 4. The molecule has 2 saturated heterocycles. The predicted molar refractivity (Wildman–Crippen MR) is 93.1 cm³/mol. The standard InChI is InChI=1S/C17H25N3O2.ClH/c1-22-16-5-3-14(4-6-16)13-19-7-2-8-20(10-9-19)17(21)15-11-18-12-15;/h3-6,15,18H,2,7-13H2,1H3;1H. The summed E-state index contributed by atoms with van der Waals surface area (Å²) in [6.45, 7) is 6.41. The first kappa shape index (κ1) is 18.0. The van der Waals surface area contributed by atoms with Crippen molar-refractivity contribution in [1.29, 1.82) is 0 Å². The summed E-state index contributed by atoms with van der Waals surface area (Å²) in [5.41, 5.74) is 1.30. The van der Waals surface area contributed by atoms with Crippen LogP contribution in [0.5, 0.6) is 5.75 Å². The Morgan fingerprint density at radius 2 is 1.91 bits per heavy atom. The maximum Gasteiger partial charge on any atom is 0.228 e. The van der Waals surface area contributed by atoms with Gasteiger partial charge >= 0.3 is 0 Å². The molecule has 1 amide bonds. The van der Waals surface area contributed by atoms with Crippen LogP contribution in [-0.2, 0) is 11.3 Å². The van der Waals surface area contributed by atoms with Crippen LogP contribution in [-0.4, -0.2) is 62.1 Å². The summed E-state index contributed by atoms with van der Waals surface area (Å²) in [5.74, 6) is 1.45. The highest BCUT2D eigenvalue weighted by atomic mass is 35.5. The average Bonchev–Trinajstić information content (AvgIpc) is 2.72. The van der Waals surface area contributed by atoms with Gasteiger partial charge in [-0.2, -0.15) is 0 Å². The van der Waals surface area contributed by atoms with E-state index in [2.05, 4.69) is 27.2 Å². The first-order chi connectivity index (χ1) is 10.8. The lowest BCUT2D eigenvalue weighted by atomic mass is 10.0. The van der Waals surface area contributed by atoms with Crippen LogP contribution in [0.4, 0.5) is 0 Å². The van der Waals surface area contributed by atoms with Crippen LogP contribution in [0.25, 0.3) is 0 Å². The van der Waals surface area contributed by atoms with Gasteiger partial charge in [0.05, 0.1) is 13.0 Å². The van der Waals surface area contributed by atoms with Crippen molar-refractivity contribution in [3.8, 4) is 5.75 Å². The van der Waals surface area contributed by atoms with Gasteiger partial charge in [-0.15, -0.1) is 12.4 Å². The lowest BCUT2D eigenvalue weighted by molar-refractivity contribution is -0.136. The van der Waals surface area contributed by atoms with E-state index in [4.69, 9.17) is 4.74 Å². The second kappa shape index (κ2) is 8.52. The first-order valence-corrected chi connectivity index (χ1v) is 8.11. The molecule has 1 N–H and O–H groups in total. The fourth-order valence-corrected chi connectivity index (χ4v) is 3.06. The monoisotopic (exact) mass is 339 g/mol. The zero-order valence-corrected chi connectivity index (χ0v) is 14.5. The largest absolute Gasteiger partial charge is 0.497 e. The Hall–Kier alpha value is -1.30. The van der Waals surface area contributed by atoms with E-state index in [0.717, 1.165) is 58.0 Å². The molecule has 2 aliphatic rings. The molecule has 2 heterocycles. The van der Waals surface area contributed by atoms with Crippen LogP contribution in [0.15, 0.2) is 24.3 Å². The van der Waals surface area contributed by atoms with E-state index in [0.29, 0.717) is 5.91 Å². The number of ether oxygens (including phenoxy) is 1. The van der Waals surface area contributed by atoms with Gasteiger partial charge < -0.3 is 15.0 Å². The average molecular weight is 340 g/mol. The Morgan fingerprint density at radius 1 is 1.17 bits per heavy atom. The van der Waals surface area contributed by atoms with Crippen molar-refractivity contribution in [2.24, 2.45) is 5.92 Å². The SMILES string of the molecule is COc1ccc(CN2CCCN(C(=O)C3CNC3)CC2)cc1.Cl. The molecule has 23 heavy (non-hydrogen) atoms. The molecule has 0 saturated carbocycles.